The number of benzene rings is 1. The van der Waals surface area contributed by atoms with Crippen LogP contribution in [0.25, 0.3) is 0 Å². The van der Waals surface area contributed by atoms with E-state index in [1.54, 1.807) is 18.2 Å². The van der Waals surface area contributed by atoms with Crippen LogP contribution in [0.1, 0.15) is 26.2 Å². The molecule has 3 rings (SSSR count). The van der Waals surface area contributed by atoms with Crippen molar-refractivity contribution in [1.82, 2.24) is 0 Å². The Morgan fingerprint density at radius 1 is 1.10 bits per heavy atom. The summed E-state index contributed by atoms with van der Waals surface area (Å²) in [5.74, 6) is -0.0935. The van der Waals surface area contributed by atoms with Gasteiger partial charge in [-0.15, -0.1) is 0 Å². The average Bonchev–Trinajstić information content (AvgIpc) is 2.63. The Labute approximate surface area is 127 Å². The zero-order chi connectivity index (χ0) is 14.4. The maximum Gasteiger partial charge on any atom is 0.237 e. The van der Waals surface area contributed by atoms with Crippen LogP contribution in [0, 0.1) is 17.8 Å². The molecule has 3 atom stereocenters. The number of carbonyl (C=O) groups is 2. The van der Waals surface area contributed by atoms with Crippen molar-refractivity contribution < 1.29 is 9.59 Å². The lowest BCUT2D eigenvalue weighted by atomic mass is 9.76. The summed E-state index contributed by atoms with van der Waals surface area (Å²) < 4.78 is 0. The molecule has 106 valence electrons. The fourth-order valence-electron chi connectivity index (χ4n) is 3.29. The molecule has 3 nitrogen and oxygen atoms in total. The highest BCUT2D eigenvalue weighted by Gasteiger charge is 2.50. The van der Waals surface area contributed by atoms with Crippen molar-refractivity contribution in [3.05, 3.63) is 28.2 Å². The molecule has 2 aliphatic rings. The van der Waals surface area contributed by atoms with Crippen LogP contribution in [0.5, 0.6) is 0 Å². The number of rotatable bonds is 1. The Morgan fingerprint density at radius 2 is 1.80 bits per heavy atom. The maximum atomic E-state index is 12.5. The summed E-state index contributed by atoms with van der Waals surface area (Å²) in [7, 11) is 0. The molecule has 1 saturated carbocycles. The van der Waals surface area contributed by atoms with E-state index in [2.05, 4.69) is 6.92 Å². The zero-order valence-electron chi connectivity index (χ0n) is 11.1. The van der Waals surface area contributed by atoms with Crippen LogP contribution in [0.3, 0.4) is 0 Å². The quantitative estimate of drug-likeness (QED) is 0.737. The largest absolute Gasteiger partial charge is 0.274 e. The van der Waals surface area contributed by atoms with Crippen molar-refractivity contribution in [2.24, 2.45) is 17.8 Å². The number of imide groups is 1. The molecule has 1 aliphatic heterocycles. The molecule has 1 aromatic carbocycles. The van der Waals surface area contributed by atoms with Crippen LogP contribution in [-0.4, -0.2) is 11.8 Å². The number of nitrogens with zero attached hydrogens (tertiary/aromatic N) is 1. The topological polar surface area (TPSA) is 37.4 Å². The maximum absolute atomic E-state index is 12.5. The monoisotopic (exact) mass is 311 g/mol. The Balaban J connectivity index is 1.98. The molecule has 20 heavy (non-hydrogen) atoms. The van der Waals surface area contributed by atoms with Gasteiger partial charge in [0.05, 0.1) is 22.5 Å². The lowest BCUT2D eigenvalue weighted by Gasteiger charge is -2.25. The summed E-state index contributed by atoms with van der Waals surface area (Å²) in [6, 6.07) is 4.85. The van der Waals surface area contributed by atoms with Crippen molar-refractivity contribution in [2.45, 2.75) is 26.2 Å². The number of hydrogen-bond acceptors (Lipinski definition) is 2. The van der Waals surface area contributed by atoms with Gasteiger partial charge in [0.2, 0.25) is 11.8 Å². The van der Waals surface area contributed by atoms with Gasteiger partial charge >= 0.3 is 0 Å². The number of halogens is 2. The highest BCUT2D eigenvalue weighted by Crippen LogP contribution is 2.43. The van der Waals surface area contributed by atoms with Crippen LogP contribution >= 0.6 is 23.2 Å². The molecule has 0 N–H and O–H groups in total. The van der Waals surface area contributed by atoms with Gasteiger partial charge in [0.25, 0.3) is 0 Å². The predicted octanol–water partition coefficient (Wildman–Crippen LogP) is 3.92. The first kappa shape index (κ1) is 13.9. The van der Waals surface area contributed by atoms with Crippen molar-refractivity contribution >= 4 is 40.7 Å². The van der Waals surface area contributed by atoms with E-state index < -0.39 is 0 Å². The fourth-order valence-corrected chi connectivity index (χ4v) is 3.78. The lowest BCUT2D eigenvalue weighted by Crippen LogP contribution is -2.31. The molecular formula is C15H15Cl2NO2. The minimum absolute atomic E-state index is 0.115. The highest BCUT2D eigenvalue weighted by atomic mass is 35.5. The third kappa shape index (κ3) is 2.13. The number of amides is 2. The second-order valence-electron chi connectivity index (χ2n) is 5.74. The van der Waals surface area contributed by atoms with Gasteiger partial charge in [-0.2, -0.15) is 0 Å². The molecule has 1 aromatic rings. The second kappa shape index (κ2) is 5.05. The van der Waals surface area contributed by atoms with Gasteiger partial charge in [0.15, 0.2) is 0 Å². The van der Waals surface area contributed by atoms with E-state index in [9.17, 15) is 9.59 Å². The first-order valence-electron chi connectivity index (χ1n) is 6.82. The number of hydrogen-bond donors (Lipinski definition) is 0. The predicted molar refractivity (Wildman–Crippen MR) is 79.0 cm³/mol. The van der Waals surface area contributed by atoms with E-state index in [0.29, 0.717) is 21.7 Å². The van der Waals surface area contributed by atoms with Crippen LogP contribution in [0.15, 0.2) is 18.2 Å². The molecule has 0 aromatic heterocycles. The fraction of sp³-hybridized carbons (Fsp3) is 0.467. The smallest absolute Gasteiger partial charge is 0.237 e. The normalized spacial score (nSPS) is 29.8. The lowest BCUT2D eigenvalue weighted by molar-refractivity contribution is -0.122. The van der Waals surface area contributed by atoms with E-state index in [1.165, 1.54) is 4.90 Å². The van der Waals surface area contributed by atoms with Gasteiger partial charge in [-0.3, -0.25) is 9.59 Å². The van der Waals surface area contributed by atoms with Crippen molar-refractivity contribution in [2.75, 3.05) is 4.90 Å². The minimum Gasteiger partial charge on any atom is -0.274 e. The molecule has 0 bridgehead atoms. The SMILES string of the molecule is CC1CCC2C(=O)N(c3ccc(Cl)cc3Cl)C(=O)C2C1. The number of fused-ring (bicyclic) bond motifs is 1. The van der Waals surface area contributed by atoms with E-state index in [-0.39, 0.29) is 23.7 Å². The summed E-state index contributed by atoms with van der Waals surface area (Å²) in [6.45, 7) is 2.13. The van der Waals surface area contributed by atoms with E-state index in [1.807, 2.05) is 0 Å². The molecule has 0 spiro atoms. The Kier molecular flexibility index (Phi) is 3.51. The van der Waals surface area contributed by atoms with Gasteiger partial charge in [0, 0.05) is 5.02 Å². The summed E-state index contributed by atoms with van der Waals surface area (Å²) >= 11 is 12.0. The van der Waals surface area contributed by atoms with Crippen molar-refractivity contribution in [1.29, 1.82) is 0 Å². The number of carbonyl (C=O) groups excluding carboxylic acids is 2. The van der Waals surface area contributed by atoms with Gasteiger partial charge in [-0.1, -0.05) is 30.1 Å². The van der Waals surface area contributed by atoms with Gasteiger partial charge < -0.3 is 0 Å². The Bertz CT molecular complexity index is 587. The molecule has 1 saturated heterocycles. The molecule has 0 radical (unpaired) electrons. The van der Waals surface area contributed by atoms with Gasteiger partial charge in [-0.05, 0) is 43.4 Å². The van der Waals surface area contributed by atoms with E-state index in [4.69, 9.17) is 23.2 Å². The van der Waals surface area contributed by atoms with Crippen LogP contribution < -0.4 is 4.90 Å². The van der Waals surface area contributed by atoms with Crippen LogP contribution in [0.4, 0.5) is 5.69 Å². The van der Waals surface area contributed by atoms with Gasteiger partial charge in [0.1, 0.15) is 0 Å². The third-order valence-electron chi connectivity index (χ3n) is 4.34. The summed E-state index contributed by atoms with van der Waals surface area (Å²) in [5.41, 5.74) is 0.452. The van der Waals surface area contributed by atoms with Crippen molar-refractivity contribution in [3.63, 3.8) is 0 Å². The number of anilines is 1. The standard InChI is InChI=1S/C15H15Cl2NO2/c1-8-2-4-10-11(6-8)15(20)18(14(10)19)13-5-3-9(16)7-12(13)17/h3,5,7-8,10-11H,2,4,6H2,1H3. The third-order valence-corrected chi connectivity index (χ3v) is 4.88. The molecule has 3 unspecified atom stereocenters. The summed E-state index contributed by atoms with van der Waals surface area (Å²) in [5, 5.41) is 0.828. The molecule has 1 aliphatic carbocycles. The first-order valence-corrected chi connectivity index (χ1v) is 7.57. The second-order valence-corrected chi connectivity index (χ2v) is 6.58. The molecule has 2 fully saturated rings. The summed E-state index contributed by atoms with van der Waals surface area (Å²) in [4.78, 5) is 26.3. The first-order chi connectivity index (χ1) is 9.49. The minimum atomic E-state index is -0.182. The molecular weight excluding hydrogens is 297 g/mol. The van der Waals surface area contributed by atoms with Crippen molar-refractivity contribution in [3.8, 4) is 0 Å². The molecule has 1 heterocycles. The highest BCUT2D eigenvalue weighted by molar-refractivity contribution is 6.38. The Morgan fingerprint density at radius 3 is 2.50 bits per heavy atom. The Hall–Kier alpha value is -1.06. The summed E-state index contributed by atoms with van der Waals surface area (Å²) in [6.07, 6.45) is 2.58. The average molecular weight is 312 g/mol. The van der Waals surface area contributed by atoms with Gasteiger partial charge in [-0.25, -0.2) is 4.90 Å². The molecule has 5 heteroatoms. The molecule has 2 amide bonds. The van der Waals surface area contributed by atoms with E-state index >= 15 is 0 Å². The van der Waals surface area contributed by atoms with Crippen LogP contribution in [0.2, 0.25) is 10.0 Å². The zero-order valence-corrected chi connectivity index (χ0v) is 12.6. The van der Waals surface area contributed by atoms with E-state index in [0.717, 1.165) is 19.3 Å². The van der Waals surface area contributed by atoms with Crippen LogP contribution in [-0.2, 0) is 9.59 Å².